The Bertz CT molecular complexity index is 220. The lowest BCUT2D eigenvalue weighted by Crippen LogP contribution is -2.46. The van der Waals surface area contributed by atoms with E-state index in [0.29, 0.717) is 19.1 Å². The predicted molar refractivity (Wildman–Crippen MR) is 66.2 cm³/mol. The van der Waals surface area contributed by atoms with Crippen molar-refractivity contribution in [3.8, 4) is 0 Å². The van der Waals surface area contributed by atoms with E-state index in [-0.39, 0.29) is 5.91 Å². The Hall–Kier alpha value is -0.610. The number of nitrogens with two attached hydrogens (primary N) is 1. The number of rotatable bonds is 4. The summed E-state index contributed by atoms with van der Waals surface area (Å²) < 4.78 is 0. The van der Waals surface area contributed by atoms with Gasteiger partial charge in [0, 0.05) is 26.2 Å². The molecule has 0 aromatic rings. The number of hydrogen-bond donors (Lipinski definition) is 1. The van der Waals surface area contributed by atoms with Crippen molar-refractivity contribution in [1.29, 1.82) is 0 Å². The van der Waals surface area contributed by atoms with Crippen LogP contribution in [0.1, 0.15) is 32.6 Å². The van der Waals surface area contributed by atoms with Gasteiger partial charge in [0.2, 0.25) is 5.91 Å². The van der Waals surface area contributed by atoms with Gasteiger partial charge in [-0.15, -0.1) is 0 Å². The van der Waals surface area contributed by atoms with Crippen LogP contribution in [0.5, 0.6) is 0 Å². The number of likely N-dealkylation sites (tertiary alicyclic amines) is 1. The van der Waals surface area contributed by atoms with E-state index < -0.39 is 0 Å². The van der Waals surface area contributed by atoms with Crippen LogP contribution in [0.3, 0.4) is 0 Å². The molecule has 0 spiro atoms. The second-order valence-corrected chi connectivity index (χ2v) is 4.62. The molecule has 1 rings (SSSR count). The Balaban J connectivity index is 2.51. The molecule has 94 valence electrons. The number of likely N-dealkylation sites (N-methyl/N-ethyl adjacent to an activating group) is 1. The summed E-state index contributed by atoms with van der Waals surface area (Å²) in [6.45, 7) is 5.00. The summed E-state index contributed by atoms with van der Waals surface area (Å²) in [4.78, 5) is 15.9. The van der Waals surface area contributed by atoms with Crippen molar-refractivity contribution in [1.82, 2.24) is 9.80 Å². The van der Waals surface area contributed by atoms with Crippen LogP contribution < -0.4 is 5.73 Å². The SMILES string of the molecule is CCN(C)C(=O)CN1CCCCCC1CN. The predicted octanol–water partition coefficient (Wildman–Crippen LogP) is 0.668. The van der Waals surface area contributed by atoms with Crippen molar-refractivity contribution in [2.24, 2.45) is 5.73 Å². The van der Waals surface area contributed by atoms with Crippen LogP contribution in [0, 0.1) is 0 Å². The molecule has 1 atom stereocenters. The Labute approximate surface area is 98.8 Å². The molecular weight excluding hydrogens is 202 g/mol. The summed E-state index contributed by atoms with van der Waals surface area (Å²) in [7, 11) is 1.86. The van der Waals surface area contributed by atoms with Gasteiger partial charge >= 0.3 is 0 Å². The lowest BCUT2D eigenvalue weighted by atomic mass is 10.1. The van der Waals surface area contributed by atoms with Gasteiger partial charge in [0.25, 0.3) is 0 Å². The molecule has 1 aliphatic heterocycles. The lowest BCUT2D eigenvalue weighted by molar-refractivity contribution is -0.131. The molecule has 0 aromatic heterocycles. The van der Waals surface area contributed by atoms with Gasteiger partial charge in [-0.05, 0) is 26.3 Å². The van der Waals surface area contributed by atoms with Gasteiger partial charge in [-0.3, -0.25) is 9.69 Å². The van der Waals surface area contributed by atoms with Crippen LogP contribution in [-0.4, -0.2) is 55.0 Å². The largest absolute Gasteiger partial charge is 0.345 e. The van der Waals surface area contributed by atoms with E-state index in [1.807, 2.05) is 14.0 Å². The molecule has 1 aliphatic rings. The van der Waals surface area contributed by atoms with E-state index >= 15 is 0 Å². The third kappa shape index (κ3) is 3.76. The van der Waals surface area contributed by atoms with Gasteiger partial charge in [-0.25, -0.2) is 0 Å². The van der Waals surface area contributed by atoms with E-state index in [1.165, 1.54) is 19.3 Å². The Morgan fingerprint density at radius 3 is 2.81 bits per heavy atom. The maximum atomic E-state index is 11.9. The summed E-state index contributed by atoms with van der Waals surface area (Å²) in [6, 6.07) is 0.400. The van der Waals surface area contributed by atoms with Gasteiger partial charge in [0.1, 0.15) is 0 Å². The average Bonchev–Trinajstić information content (AvgIpc) is 2.52. The van der Waals surface area contributed by atoms with Gasteiger partial charge < -0.3 is 10.6 Å². The summed E-state index contributed by atoms with van der Waals surface area (Å²) in [6.07, 6.45) is 4.85. The van der Waals surface area contributed by atoms with Gasteiger partial charge in [-0.2, -0.15) is 0 Å². The van der Waals surface area contributed by atoms with Crippen LogP contribution in [0.4, 0.5) is 0 Å². The minimum absolute atomic E-state index is 0.211. The Morgan fingerprint density at radius 2 is 2.19 bits per heavy atom. The maximum Gasteiger partial charge on any atom is 0.236 e. The van der Waals surface area contributed by atoms with E-state index in [0.717, 1.165) is 19.5 Å². The number of hydrogen-bond acceptors (Lipinski definition) is 3. The molecule has 4 heteroatoms. The first-order valence-electron chi connectivity index (χ1n) is 6.37. The van der Waals surface area contributed by atoms with Gasteiger partial charge in [0.05, 0.1) is 6.54 Å². The molecule has 1 amide bonds. The average molecular weight is 227 g/mol. The lowest BCUT2D eigenvalue weighted by Gasteiger charge is -2.29. The third-order valence-corrected chi connectivity index (χ3v) is 3.51. The normalized spacial score (nSPS) is 22.8. The molecule has 1 unspecified atom stereocenters. The van der Waals surface area contributed by atoms with Gasteiger partial charge in [-0.1, -0.05) is 12.8 Å². The molecule has 0 saturated carbocycles. The van der Waals surface area contributed by atoms with Crippen LogP contribution in [0.15, 0.2) is 0 Å². The van der Waals surface area contributed by atoms with Crippen molar-refractivity contribution in [2.45, 2.75) is 38.6 Å². The minimum atomic E-state index is 0.211. The fourth-order valence-corrected chi connectivity index (χ4v) is 2.18. The number of carbonyl (C=O) groups excluding carboxylic acids is 1. The maximum absolute atomic E-state index is 11.9. The molecule has 0 aromatic carbocycles. The van der Waals surface area contributed by atoms with Crippen molar-refractivity contribution in [3.05, 3.63) is 0 Å². The van der Waals surface area contributed by atoms with E-state index in [9.17, 15) is 4.79 Å². The zero-order chi connectivity index (χ0) is 12.0. The highest BCUT2D eigenvalue weighted by atomic mass is 16.2. The molecular formula is C12H25N3O. The summed E-state index contributed by atoms with van der Waals surface area (Å²) in [5, 5.41) is 0. The molecule has 0 radical (unpaired) electrons. The fourth-order valence-electron chi connectivity index (χ4n) is 2.18. The quantitative estimate of drug-likeness (QED) is 0.768. The highest BCUT2D eigenvalue weighted by Crippen LogP contribution is 2.15. The second kappa shape index (κ2) is 6.86. The van der Waals surface area contributed by atoms with Crippen molar-refractivity contribution in [2.75, 3.05) is 33.2 Å². The summed E-state index contributed by atoms with van der Waals surface area (Å²) in [5.74, 6) is 0.211. The Kier molecular flexibility index (Phi) is 5.77. The summed E-state index contributed by atoms with van der Waals surface area (Å²) in [5.41, 5.74) is 5.78. The van der Waals surface area contributed by atoms with Crippen LogP contribution in [-0.2, 0) is 4.79 Å². The highest BCUT2D eigenvalue weighted by molar-refractivity contribution is 5.77. The van der Waals surface area contributed by atoms with Crippen LogP contribution in [0.25, 0.3) is 0 Å². The molecule has 0 aliphatic carbocycles. The summed E-state index contributed by atoms with van der Waals surface area (Å²) >= 11 is 0. The molecule has 1 heterocycles. The number of amides is 1. The second-order valence-electron chi connectivity index (χ2n) is 4.62. The first-order chi connectivity index (χ1) is 7.69. The number of carbonyl (C=O) groups is 1. The molecule has 2 N–H and O–H groups in total. The van der Waals surface area contributed by atoms with Crippen molar-refractivity contribution in [3.63, 3.8) is 0 Å². The van der Waals surface area contributed by atoms with Gasteiger partial charge in [0.15, 0.2) is 0 Å². The fraction of sp³-hybridized carbons (Fsp3) is 0.917. The monoisotopic (exact) mass is 227 g/mol. The van der Waals surface area contributed by atoms with E-state index in [2.05, 4.69) is 4.90 Å². The standard InChI is InChI=1S/C12H25N3O/c1-3-14(2)12(16)10-15-8-6-4-5-7-11(15)9-13/h11H,3-10,13H2,1-2H3. The first kappa shape index (κ1) is 13.5. The topological polar surface area (TPSA) is 49.6 Å². The zero-order valence-corrected chi connectivity index (χ0v) is 10.6. The van der Waals surface area contributed by atoms with Crippen molar-refractivity contribution < 1.29 is 4.79 Å². The highest BCUT2D eigenvalue weighted by Gasteiger charge is 2.22. The first-order valence-corrected chi connectivity index (χ1v) is 6.37. The molecule has 4 nitrogen and oxygen atoms in total. The van der Waals surface area contributed by atoms with Crippen LogP contribution >= 0.6 is 0 Å². The van der Waals surface area contributed by atoms with Crippen molar-refractivity contribution >= 4 is 5.91 Å². The zero-order valence-electron chi connectivity index (χ0n) is 10.6. The molecule has 1 saturated heterocycles. The van der Waals surface area contributed by atoms with E-state index in [4.69, 9.17) is 5.73 Å². The molecule has 16 heavy (non-hydrogen) atoms. The minimum Gasteiger partial charge on any atom is -0.345 e. The van der Waals surface area contributed by atoms with Crippen LogP contribution in [0.2, 0.25) is 0 Å². The smallest absolute Gasteiger partial charge is 0.236 e. The number of nitrogens with zero attached hydrogens (tertiary/aromatic N) is 2. The van der Waals surface area contributed by atoms with E-state index in [1.54, 1.807) is 4.90 Å². The molecule has 1 fully saturated rings. The molecule has 0 bridgehead atoms. The third-order valence-electron chi connectivity index (χ3n) is 3.51. The Morgan fingerprint density at radius 1 is 1.44 bits per heavy atom.